The van der Waals surface area contributed by atoms with Crippen molar-refractivity contribution < 1.29 is 37.1 Å². The number of likely N-dealkylation sites (tertiary alicyclic amines) is 1. The maximum Gasteiger partial charge on any atom is 0.471 e. The van der Waals surface area contributed by atoms with Crippen LogP contribution in [0.5, 0.6) is 5.75 Å². The van der Waals surface area contributed by atoms with Crippen LogP contribution in [0.4, 0.5) is 18.9 Å². The number of fused-ring (bicyclic) bond motifs is 6. The van der Waals surface area contributed by atoms with E-state index in [0.29, 0.717) is 17.9 Å². The minimum absolute atomic E-state index is 0.0395. The van der Waals surface area contributed by atoms with Crippen LogP contribution in [0.2, 0.25) is 0 Å². The summed E-state index contributed by atoms with van der Waals surface area (Å²) in [5.41, 5.74) is 3.21. The maximum absolute atomic E-state index is 14.3. The molecule has 14 heteroatoms. The van der Waals surface area contributed by atoms with E-state index in [4.69, 9.17) is 10.5 Å². The molecular weight excluding hydrogens is 557 g/mol. The van der Waals surface area contributed by atoms with Gasteiger partial charge in [-0.1, -0.05) is 32.9 Å². The zero-order valence-electron chi connectivity index (χ0n) is 23.1. The minimum atomic E-state index is -5.26. The summed E-state index contributed by atoms with van der Waals surface area (Å²) in [7, 11) is 0. The van der Waals surface area contributed by atoms with E-state index in [1.54, 1.807) is 0 Å². The standard InChI is InChI=1S/C28H31F3N6O5/c1-26(2,3)21(36-25(41)28(29,30)31)23(39)37-12-16-13-4-5-14(8-13)20(16)27(37,24(33)40)15(10-32)9-19-22(38)35-17-11-34-7-6-18(17)42-19/h4-7,11,13-16,19-21H,8-9,12H2,1-3H3,(H2,33,40)(H,35,38)(H,36,41)/t13?,14?,15-,16?,19+,20?,21-,27?/m1/s1. The number of nitrogens with zero attached hydrogens (tertiary/aromatic N) is 3. The van der Waals surface area contributed by atoms with Crippen LogP contribution < -0.4 is 21.1 Å². The van der Waals surface area contributed by atoms with Crippen LogP contribution >= 0.6 is 0 Å². The molecule has 1 aromatic rings. The van der Waals surface area contributed by atoms with E-state index in [0.717, 1.165) is 4.90 Å². The highest BCUT2D eigenvalue weighted by atomic mass is 19.4. The highest BCUT2D eigenvalue weighted by Crippen LogP contribution is 2.60. The molecule has 4 N–H and O–H groups in total. The van der Waals surface area contributed by atoms with Crippen molar-refractivity contribution in [2.75, 3.05) is 11.9 Å². The molecular formula is C28H31F3N6O5. The quantitative estimate of drug-likeness (QED) is 0.427. The molecule has 2 aliphatic heterocycles. The molecule has 42 heavy (non-hydrogen) atoms. The first-order chi connectivity index (χ1) is 19.6. The molecule has 4 amide bonds. The number of hydrogen-bond donors (Lipinski definition) is 3. The van der Waals surface area contributed by atoms with Crippen LogP contribution in [0.15, 0.2) is 30.6 Å². The Bertz CT molecular complexity index is 1400. The largest absolute Gasteiger partial charge is 0.478 e. The fourth-order valence-electron chi connectivity index (χ4n) is 7.25. The number of rotatable bonds is 6. The monoisotopic (exact) mass is 588 g/mol. The Hall–Kier alpha value is -4.15. The molecule has 3 heterocycles. The van der Waals surface area contributed by atoms with Crippen molar-refractivity contribution in [2.45, 2.75) is 57.5 Å². The van der Waals surface area contributed by atoms with E-state index < -0.39 is 64.7 Å². The van der Waals surface area contributed by atoms with Crippen LogP contribution in [-0.2, 0) is 19.2 Å². The molecule has 1 aromatic heterocycles. The van der Waals surface area contributed by atoms with E-state index >= 15 is 0 Å². The maximum atomic E-state index is 14.3. The molecule has 0 radical (unpaired) electrons. The smallest absolute Gasteiger partial charge is 0.471 e. The zero-order chi connectivity index (χ0) is 30.8. The third kappa shape index (κ3) is 4.55. The van der Waals surface area contributed by atoms with E-state index in [9.17, 15) is 37.6 Å². The molecule has 2 bridgehead atoms. The van der Waals surface area contributed by atoms with Gasteiger partial charge in [0.05, 0.1) is 18.2 Å². The number of nitrogens with one attached hydrogen (secondary N) is 2. The number of hydrogen-bond acceptors (Lipinski definition) is 7. The first-order valence-electron chi connectivity index (χ1n) is 13.6. The van der Waals surface area contributed by atoms with Gasteiger partial charge in [-0.15, -0.1) is 0 Å². The number of nitrogens with two attached hydrogens (primary N) is 1. The lowest BCUT2D eigenvalue weighted by Crippen LogP contribution is -2.68. The highest BCUT2D eigenvalue weighted by molar-refractivity contribution is 5.99. The molecule has 4 aliphatic rings. The van der Waals surface area contributed by atoms with Crippen molar-refractivity contribution >= 4 is 29.3 Å². The molecule has 2 fully saturated rings. The van der Waals surface area contributed by atoms with Crippen molar-refractivity contribution in [3.05, 3.63) is 30.6 Å². The van der Waals surface area contributed by atoms with E-state index in [1.807, 2.05) is 17.5 Å². The van der Waals surface area contributed by atoms with Crippen molar-refractivity contribution in [2.24, 2.45) is 40.7 Å². The number of allylic oxidation sites excluding steroid dienone is 2. The summed E-state index contributed by atoms with van der Waals surface area (Å²) in [6.45, 7) is 4.38. The molecule has 11 nitrogen and oxygen atoms in total. The van der Waals surface area contributed by atoms with Gasteiger partial charge in [-0.3, -0.25) is 24.2 Å². The second-order valence-electron chi connectivity index (χ2n) is 12.4. The van der Waals surface area contributed by atoms with Gasteiger partial charge in [0, 0.05) is 31.1 Å². The minimum Gasteiger partial charge on any atom is -0.478 e. The van der Waals surface area contributed by atoms with Gasteiger partial charge in [0.15, 0.2) is 6.10 Å². The fraction of sp³-hybridized carbons (Fsp3) is 0.571. The number of nitriles is 1. The van der Waals surface area contributed by atoms with Gasteiger partial charge in [-0.2, -0.15) is 18.4 Å². The summed E-state index contributed by atoms with van der Waals surface area (Å²) in [5, 5.41) is 15.0. The van der Waals surface area contributed by atoms with Crippen LogP contribution in [-0.4, -0.2) is 63.9 Å². The van der Waals surface area contributed by atoms with Crippen LogP contribution in [0.1, 0.15) is 33.6 Å². The molecule has 5 unspecified atom stereocenters. The van der Waals surface area contributed by atoms with Gasteiger partial charge in [-0.25, -0.2) is 0 Å². The van der Waals surface area contributed by atoms with Gasteiger partial charge < -0.3 is 26.0 Å². The summed E-state index contributed by atoms with van der Waals surface area (Å²) in [5.74, 6) is -7.15. The molecule has 224 valence electrons. The fourth-order valence-corrected chi connectivity index (χ4v) is 7.25. The summed E-state index contributed by atoms with van der Waals surface area (Å²) >= 11 is 0. The lowest BCUT2D eigenvalue weighted by atomic mass is 9.65. The third-order valence-electron chi connectivity index (χ3n) is 9.01. The average molecular weight is 589 g/mol. The number of aromatic nitrogens is 1. The van der Waals surface area contributed by atoms with Gasteiger partial charge in [0.1, 0.15) is 23.0 Å². The first-order valence-corrected chi connectivity index (χ1v) is 13.6. The second kappa shape index (κ2) is 9.99. The molecule has 2 aliphatic carbocycles. The topological polar surface area (TPSA) is 168 Å². The first kappa shape index (κ1) is 29.3. The van der Waals surface area contributed by atoms with Gasteiger partial charge in [-0.05, 0) is 29.6 Å². The molecule has 1 saturated carbocycles. The number of primary amides is 1. The molecule has 8 atom stereocenters. The van der Waals surface area contributed by atoms with Crippen molar-refractivity contribution in [3.8, 4) is 11.8 Å². The number of anilines is 1. The Morgan fingerprint density at radius 3 is 2.60 bits per heavy atom. The normalized spacial score (nSPS) is 30.8. The van der Waals surface area contributed by atoms with Crippen molar-refractivity contribution in [1.82, 2.24) is 15.2 Å². The van der Waals surface area contributed by atoms with E-state index in [-0.39, 0.29) is 30.7 Å². The number of alkyl halides is 3. The van der Waals surface area contributed by atoms with Gasteiger partial charge >= 0.3 is 12.1 Å². The van der Waals surface area contributed by atoms with E-state index in [1.165, 1.54) is 39.2 Å². The summed E-state index contributed by atoms with van der Waals surface area (Å²) in [6, 6.07) is 1.91. The molecule has 5 rings (SSSR count). The molecule has 0 aromatic carbocycles. The second-order valence-corrected chi connectivity index (χ2v) is 12.4. The third-order valence-corrected chi connectivity index (χ3v) is 9.01. The number of amides is 4. The number of carbonyl (C=O) groups is 4. The zero-order valence-corrected chi connectivity index (χ0v) is 23.1. The summed E-state index contributed by atoms with van der Waals surface area (Å²) in [4.78, 5) is 58.0. The highest BCUT2D eigenvalue weighted by Gasteiger charge is 2.70. The molecule has 1 saturated heterocycles. The summed E-state index contributed by atoms with van der Waals surface area (Å²) in [6.07, 6.45) is 0.548. The van der Waals surface area contributed by atoms with Crippen LogP contribution in [0.25, 0.3) is 0 Å². The van der Waals surface area contributed by atoms with Gasteiger partial charge in [0.25, 0.3) is 5.91 Å². The number of halogens is 3. The summed E-state index contributed by atoms with van der Waals surface area (Å²) < 4.78 is 45.7. The lowest BCUT2D eigenvalue weighted by Gasteiger charge is -2.46. The SMILES string of the molecule is CC(C)(C)[C@H](NC(=O)C(F)(F)F)C(=O)N1CC2C3C=CC(C3)C2C1(C(N)=O)[C@@H](C#N)C[C@@H]1Oc2ccncc2NC1=O. The molecule has 0 spiro atoms. The predicted octanol–water partition coefficient (Wildman–Crippen LogP) is 1.91. The van der Waals surface area contributed by atoms with Crippen molar-refractivity contribution in [1.29, 1.82) is 5.26 Å². The van der Waals surface area contributed by atoms with Gasteiger partial charge in [0.2, 0.25) is 11.8 Å². The number of ether oxygens (including phenoxy) is 1. The Balaban J connectivity index is 1.57. The Labute approximate surface area is 239 Å². The average Bonchev–Trinajstić information content (AvgIpc) is 3.61. The Morgan fingerprint density at radius 2 is 1.98 bits per heavy atom. The van der Waals surface area contributed by atoms with Crippen LogP contribution in [0.3, 0.4) is 0 Å². The number of pyridine rings is 1. The van der Waals surface area contributed by atoms with Crippen molar-refractivity contribution in [3.63, 3.8) is 0 Å². The Morgan fingerprint density at radius 1 is 1.29 bits per heavy atom. The number of carbonyl (C=O) groups excluding carboxylic acids is 4. The predicted molar refractivity (Wildman–Crippen MR) is 140 cm³/mol. The van der Waals surface area contributed by atoms with Crippen LogP contribution in [0, 0.1) is 46.3 Å². The Kier molecular flexibility index (Phi) is 6.98. The lowest BCUT2D eigenvalue weighted by molar-refractivity contribution is -0.176. The van der Waals surface area contributed by atoms with E-state index in [2.05, 4.69) is 16.4 Å².